The molecule has 0 aliphatic rings. The van der Waals surface area contributed by atoms with Crippen LogP contribution in [0.2, 0.25) is 0 Å². The van der Waals surface area contributed by atoms with Crippen molar-refractivity contribution in [1.82, 2.24) is 0 Å². The highest BCUT2D eigenvalue weighted by Gasteiger charge is 2.11. The van der Waals surface area contributed by atoms with Gasteiger partial charge in [0.2, 0.25) is 0 Å². The number of hydrogen-bond acceptors (Lipinski definition) is 7. The first-order valence-corrected chi connectivity index (χ1v) is 5.03. The Kier molecular flexibility index (Phi) is 5.46. The highest BCUT2D eigenvalue weighted by Crippen LogP contribution is 2.12. The molecule has 0 heterocycles. The van der Waals surface area contributed by atoms with Crippen LogP contribution in [0.15, 0.2) is 24.3 Å². The number of benzene rings is 1. The van der Waals surface area contributed by atoms with Gasteiger partial charge in [0, 0.05) is 0 Å². The van der Waals surface area contributed by atoms with Crippen molar-refractivity contribution in [3.05, 3.63) is 29.8 Å². The number of carbonyl (C=O) groups excluding carboxylic acids is 2. The molecule has 98 valence electrons. The lowest BCUT2D eigenvalue weighted by atomic mass is 10.2. The fraction of sp³-hybridized carbons (Fsp3) is 0.273. The van der Waals surface area contributed by atoms with Gasteiger partial charge in [-0.15, -0.1) is 0 Å². The molecule has 1 aromatic rings. The molecule has 0 atom stereocenters. The van der Waals surface area contributed by atoms with E-state index in [2.05, 4.69) is 19.6 Å². The summed E-state index contributed by atoms with van der Waals surface area (Å²) in [4.78, 5) is 30.2. The number of carbonyl (C=O) groups is 2. The van der Waals surface area contributed by atoms with Gasteiger partial charge in [-0.3, -0.25) is 4.89 Å². The van der Waals surface area contributed by atoms with Gasteiger partial charge in [0.1, 0.15) is 5.75 Å². The molecule has 0 amide bonds. The normalized spacial score (nSPS) is 9.44. The van der Waals surface area contributed by atoms with E-state index in [0.717, 1.165) is 0 Å². The van der Waals surface area contributed by atoms with Crippen LogP contribution >= 0.6 is 0 Å². The van der Waals surface area contributed by atoms with Crippen LogP contribution < -0.4 is 4.74 Å². The minimum absolute atomic E-state index is 0.120. The van der Waals surface area contributed by atoms with Crippen molar-refractivity contribution in [2.24, 2.45) is 0 Å². The van der Waals surface area contributed by atoms with Crippen molar-refractivity contribution in [2.75, 3.05) is 13.7 Å². The molecule has 0 spiro atoms. The molecule has 7 heteroatoms. The third kappa shape index (κ3) is 4.30. The van der Waals surface area contributed by atoms with Gasteiger partial charge in [-0.05, 0) is 31.2 Å². The fourth-order valence-electron chi connectivity index (χ4n) is 0.993. The lowest BCUT2D eigenvalue weighted by molar-refractivity contribution is -0.452. The van der Waals surface area contributed by atoms with E-state index in [-0.39, 0.29) is 12.2 Å². The maximum atomic E-state index is 11.4. The maximum absolute atomic E-state index is 11.4. The van der Waals surface area contributed by atoms with Gasteiger partial charge in [-0.1, -0.05) is 0 Å². The topological polar surface area (TPSA) is 80.3 Å². The summed E-state index contributed by atoms with van der Waals surface area (Å²) in [5, 5.41) is 3.97. The summed E-state index contributed by atoms with van der Waals surface area (Å²) in [5.74, 6) is -0.225. The van der Waals surface area contributed by atoms with Crippen molar-refractivity contribution in [3.8, 4) is 5.75 Å². The minimum Gasteiger partial charge on any atom is -0.497 e. The first-order chi connectivity index (χ1) is 8.67. The zero-order chi connectivity index (χ0) is 13.4. The highest BCUT2D eigenvalue weighted by molar-refractivity contribution is 5.89. The average molecular weight is 256 g/mol. The monoisotopic (exact) mass is 256 g/mol. The summed E-state index contributed by atoms with van der Waals surface area (Å²) < 4.78 is 9.28. The minimum atomic E-state index is -1.10. The van der Waals surface area contributed by atoms with E-state index in [1.807, 2.05) is 0 Å². The van der Waals surface area contributed by atoms with E-state index < -0.39 is 12.1 Å². The summed E-state index contributed by atoms with van der Waals surface area (Å²) in [6.45, 7) is 1.71. The second-order valence-corrected chi connectivity index (χ2v) is 2.93. The molecule has 0 aromatic heterocycles. The molecule has 0 bridgehead atoms. The number of methoxy groups -OCH3 is 1. The molecule has 0 radical (unpaired) electrons. The molecule has 0 saturated carbocycles. The van der Waals surface area contributed by atoms with Crippen LogP contribution in [0.25, 0.3) is 0 Å². The van der Waals surface area contributed by atoms with Crippen molar-refractivity contribution in [3.63, 3.8) is 0 Å². The second kappa shape index (κ2) is 7.13. The number of rotatable bonds is 5. The maximum Gasteiger partial charge on any atom is 0.543 e. The summed E-state index contributed by atoms with van der Waals surface area (Å²) in [5.41, 5.74) is 0.211. The fourth-order valence-corrected chi connectivity index (χ4v) is 0.993. The molecule has 18 heavy (non-hydrogen) atoms. The Balaban J connectivity index is 2.38. The standard InChI is InChI=1S/C11H12O7/c1-3-15-11(13)17-18-16-10(12)8-4-6-9(14-2)7-5-8/h4-7H,3H2,1-2H3. The van der Waals surface area contributed by atoms with E-state index in [0.29, 0.717) is 5.75 Å². The summed E-state index contributed by atoms with van der Waals surface area (Å²) >= 11 is 0. The van der Waals surface area contributed by atoms with Crippen molar-refractivity contribution < 1.29 is 33.9 Å². The van der Waals surface area contributed by atoms with E-state index in [9.17, 15) is 9.59 Å². The Bertz CT molecular complexity index is 398. The largest absolute Gasteiger partial charge is 0.543 e. The summed E-state index contributed by atoms with van der Waals surface area (Å²) in [7, 11) is 1.50. The third-order valence-electron chi connectivity index (χ3n) is 1.80. The van der Waals surface area contributed by atoms with Gasteiger partial charge in [-0.25, -0.2) is 14.5 Å². The van der Waals surface area contributed by atoms with E-state index in [1.54, 1.807) is 19.1 Å². The SMILES string of the molecule is CCOC(=O)OOOC(=O)c1ccc(OC)cc1. The molecule has 7 nitrogen and oxygen atoms in total. The molecular weight excluding hydrogens is 244 g/mol. The van der Waals surface area contributed by atoms with Gasteiger partial charge < -0.3 is 9.47 Å². The van der Waals surface area contributed by atoms with E-state index in [1.165, 1.54) is 19.2 Å². The van der Waals surface area contributed by atoms with Gasteiger partial charge >= 0.3 is 12.1 Å². The van der Waals surface area contributed by atoms with Crippen LogP contribution in [0.5, 0.6) is 5.75 Å². The molecule has 0 aliphatic carbocycles. The van der Waals surface area contributed by atoms with Gasteiger partial charge in [0.25, 0.3) is 0 Å². The second-order valence-electron chi connectivity index (χ2n) is 2.93. The zero-order valence-electron chi connectivity index (χ0n) is 9.87. The highest BCUT2D eigenvalue weighted by atomic mass is 17.5. The van der Waals surface area contributed by atoms with Crippen molar-refractivity contribution in [1.29, 1.82) is 0 Å². The molecule has 0 fully saturated rings. The molecule has 0 saturated heterocycles. The lowest BCUT2D eigenvalue weighted by Crippen LogP contribution is -2.11. The molecule has 1 rings (SSSR count). The Morgan fingerprint density at radius 3 is 2.33 bits per heavy atom. The first kappa shape index (κ1) is 13.8. The van der Waals surface area contributed by atoms with Gasteiger partial charge in [0.15, 0.2) is 0 Å². The lowest BCUT2D eigenvalue weighted by Gasteiger charge is -2.03. The average Bonchev–Trinajstić information content (AvgIpc) is 2.39. The van der Waals surface area contributed by atoms with Crippen molar-refractivity contribution >= 4 is 12.1 Å². The Hall–Kier alpha value is -2.28. The number of ether oxygens (including phenoxy) is 2. The van der Waals surface area contributed by atoms with Crippen LogP contribution in [0.3, 0.4) is 0 Å². The summed E-state index contributed by atoms with van der Waals surface area (Å²) in [6, 6.07) is 6.08. The van der Waals surface area contributed by atoms with Crippen LogP contribution in [0.1, 0.15) is 17.3 Å². The molecule has 0 N–H and O–H groups in total. The first-order valence-electron chi connectivity index (χ1n) is 5.03. The molecule has 0 unspecified atom stereocenters. The van der Waals surface area contributed by atoms with Crippen LogP contribution in [-0.2, 0) is 19.6 Å². The van der Waals surface area contributed by atoms with Gasteiger partial charge in [0.05, 0.1) is 24.3 Å². The van der Waals surface area contributed by atoms with Crippen molar-refractivity contribution in [2.45, 2.75) is 6.92 Å². The van der Waals surface area contributed by atoms with Gasteiger partial charge in [-0.2, -0.15) is 0 Å². The van der Waals surface area contributed by atoms with Crippen LogP contribution in [0, 0.1) is 0 Å². The predicted molar refractivity (Wildman–Crippen MR) is 57.6 cm³/mol. The van der Waals surface area contributed by atoms with E-state index in [4.69, 9.17) is 4.74 Å². The molecule has 0 aliphatic heterocycles. The number of hydrogen-bond donors (Lipinski definition) is 0. The molecule has 1 aromatic carbocycles. The third-order valence-corrected chi connectivity index (χ3v) is 1.80. The Labute approximate surface area is 103 Å². The smallest absolute Gasteiger partial charge is 0.497 e. The van der Waals surface area contributed by atoms with E-state index >= 15 is 0 Å². The zero-order valence-corrected chi connectivity index (χ0v) is 9.87. The Morgan fingerprint density at radius 1 is 1.11 bits per heavy atom. The molecular formula is C11H12O7. The Morgan fingerprint density at radius 2 is 1.78 bits per heavy atom. The predicted octanol–water partition coefficient (Wildman–Crippen LogP) is 1.87. The summed E-state index contributed by atoms with van der Waals surface area (Å²) in [6.07, 6.45) is -1.10. The van der Waals surface area contributed by atoms with Crippen LogP contribution in [0.4, 0.5) is 4.79 Å². The quantitative estimate of drug-likeness (QED) is 0.452. The van der Waals surface area contributed by atoms with Crippen LogP contribution in [-0.4, -0.2) is 25.8 Å².